The van der Waals surface area contributed by atoms with Gasteiger partial charge in [-0.25, -0.2) is 15.0 Å². The molecule has 6 atom stereocenters. The second kappa shape index (κ2) is 10.1. The Kier molecular flexibility index (Phi) is 6.36. The fraction of sp³-hybridized carbons (Fsp3) is 0.258. The Hall–Kier alpha value is -3.68. The molecule has 1 saturated heterocycles. The fourth-order valence-corrected chi connectivity index (χ4v) is 6.80. The van der Waals surface area contributed by atoms with Gasteiger partial charge in [-0.3, -0.25) is 4.57 Å². The summed E-state index contributed by atoms with van der Waals surface area (Å²) in [4.78, 5) is 13.7. The lowest BCUT2D eigenvalue weighted by Crippen LogP contribution is -2.43. The Morgan fingerprint density at radius 2 is 1.43 bits per heavy atom. The Balaban J connectivity index is 1.46. The summed E-state index contributed by atoms with van der Waals surface area (Å²) >= 11 is 0. The molecule has 5 aromatic rings. The number of hydrogen-bond donors (Lipinski definition) is 1. The standard InChI is InChI=1S/C31H30N5O3P/c1-19-24-25(39-40-2)26(30(37-24)36-28(19)35-23-27(32)33-18-34-29(23)36)38-31(20-12-6-3-7-13-20,21-14-8-4-9-15-21)22-16-10-5-11-17-22/h3-19,24-26,30,40H,1-2H3,(H2,32,33,34). The highest BCUT2D eigenvalue weighted by atomic mass is 31.1. The van der Waals surface area contributed by atoms with Crippen LogP contribution in [0.3, 0.4) is 0 Å². The molecule has 6 unspecified atom stereocenters. The average Bonchev–Trinajstić information content (AvgIpc) is 3.55. The summed E-state index contributed by atoms with van der Waals surface area (Å²) in [6.45, 7) is 4.14. The van der Waals surface area contributed by atoms with E-state index in [1.54, 1.807) is 0 Å². The lowest BCUT2D eigenvalue weighted by molar-refractivity contribution is -0.122. The van der Waals surface area contributed by atoms with Gasteiger partial charge in [0.25, 0.3) is 0 Å². The maximum atomic E-state index is 7.52. The number of nitrogens with zero attached hydrogens (tertiary/aromatic N) is 4. The number of anilines is 1. The molecule has 40 heavy (non-hydrogen) atoms. The highest BCUT2D eigenvalue weighted by Gasteiger charge is 2.57. The van der Waals surface area contributed by atoms with Gasteiger partial charge >= 0.3 is 0 Å². The summed E-state index contributed by atoms with van der Waals surface area (Å²) in [5.74, 6) is 1.13. The van der Waals surface area contributed by atoms with Gasteiger partial charge in [0.05, 0.1) is 6.10 Å². The molecule has 2 aliphatic heterocycles. The quantitative estimate of drug-likeness (QED) is 0.213. The van der Waals surface area contributed by atoms with Crippen LogP contribution in [0.4, 0.5) is 5.82 Å². The molecule has 2 aromatic heterocycles. The summed E-state index contributed by atoms with van der Waals surface area (Å²) in [6.07, 6.45) is -0.115. The molecule has 2 N–H and O–H groups in total. The second-order valence-corrected chi connectivity index (χ2v) is 10.8. The number of rotatable bonds is 7. The Morgan fingerprint density at radius 3 is 1.98 bits per heavy atom. The van der Waals surface area contributed by atoms with Crippen molar-refractivity contribution in [3.8, 4) is 0 Å². The highest BCUT2D eigenvalue weighted by Crippen LogP contribution is 2.52. The first-order chi connectivity index (χ1) is 19.6. The predicted molar refractivity (Wildman–Crippen MR) is 155 cm³/mol. The number of nitrogens with two attached hydrogens (primary N) is 1. The molecular weight excluding hydrogens is 521 g/mol. The molecular formula is C31H30N5O3P. The topological polar surface area (TPSA) is 97.3 Å². The number of nitrogen functional groups attached to an aromatic ring is 1. The van der Waals surface area contributed by atoms with Crippen LogP contribution in [0.15, 0.2) is 97.3 Å². The number of hydrogen-bond acceptors (Lipinski definition) is 7. The third-order valence-electron chi connectivity index (χ3n) is 8.02. The van der Waals surface area contributed by atoms with E-state index in [1.807, 2.05) is 65.8 Å². The first kappa shape index (κ1) is 25.3. The van der Waals surface area contributed by atoms with Crippen LogP contribution in [0.5, 0.6) is 0 Å². The van der Waals surface area contributed by atoms with Crippen LogP contribution in [-0.4, -0.2) is 44.5 Å². The van der Waals surface area contributed by atoms with Gasteiger partial charge in [0, 0.05) is 14.7 Å². The zero-order valence-corrected chi connectivity index (χ0v) is 23.2. The normalized spacial score (nSPS) is 24.1. The molecule has 2 aliphatic rings. The van der Waals surface area contributed by atoms with Crippen molar-refractivity contribution >= 4 is 25.8 Å². The molecule has 202 valence electrons. The van der Waals surface area contributed by atoms with Crippen LogP contribution in [-0.2, 0) is 19.6 Å². The van der Waals surface area contributed by atoms with Crippen molar-refractivity contribution in [2.24, 2.45) is 0 Å². The third kappa shape index (κ3) is 3.79. The second-order valence-electron chi connectivity index (χ2n) is 10.2. The van der Waals surface area contributed by atoms with Crippen molar-refractivity contribution in [2.75, 3.05) is 12.4 Å². The molecule has 7 rings (SSSR count). The largest absolute Gasteiger partial charge is 0.382 e. The monoisotopic (exact) mass is 551 g/mol. The first-order valence-electron chi connectivity index (χ1n) is 13.4. The van der Waals surface area contributed by atoms with E-state index in [4.69, 9.17) is 24.7 Å². The molecule has 9 heteroatoms. The van der Waals surface area contributed by atoms with E-state index in [9.17, 15) is 0 Å². The summed E-state index contributed by atoms with van der Waals surface area (Å²) in [7, 11) is 0.260. The number of benzene rings is 3. The van der Waals surface area contributed by atoms with Crippen LogP contribution >= 0.6 is 8.81 Å². The molecule has 0 saturated carbocycles. The van der Waals surface area contributed by atoms with E-state index in [0.29, 0.717) is 17.0 Å². The van der Waals surface area contributed by atoms with Gasteiger partial charge in [0.2, 0.25) is 0 Å². The molecule has 0 aliphatic carbocycles. The number of ether oxygens (including phenoxy) is 2. The number of aromatic nitrogens is 4. The lowest BCUT2D eigenvalue weighted by atomic mass is 9.79. The summed E-state index contributed by atoms with van der Waals surface area (Å²) in [5, 5.41) is 0. The van der Waals surface area contributed by atoms with Crippen molar-refractivity contribution in [1.29, 1.82) is 0 Å². The van der Waals surface area contributed by atoms with Crippen LogP contribution in [0.2, 0.25) is 0 Å². The van der Waals surface area contributed by atoms with Crippen LogP contribution in [0.1, 0.15) is 41.6 Å². The predicted octanol–water partition coefficient (Wildman–Crippen LogP) is 5.41. The number of imidazole rings is 1. The summed E-state index contributed by atoms with van der Waals surface area (Å²) in [6, 6.07) is 31.1. The Labute approximate surface area is 234 Å². The molecule has 1 fully saturated rings. The average molecular weight is 552 g/mol. The number of fused-ring (bicyclic) bond motifs is 6. The minimum Gasteiger partial charge on any atom is -0.382 e. The highest BCUT2D eigenvalue weighted by molar-refractivity contribution is 7.31. The van der Waals surface area contributed by atoms with Crippen molar-refractivity contribution < 1.29 is 14.0 Å². The van der Waals surface area contributed by atoms with E-state index < -0.39 is 17.9 Å². The fourth-order valence-electron chi connectivity index (χ4n) is 6.26. The van der Waals surface area contributed by atoms with Gasteiger partial charge in [-0.15, -0.1) is 0 Å². The van der Waals surface area contributed by atoms with Crippen LogP contribution in [0, 0.1) is 0 Å². The molecule has 8 nitrogen and oxygen atoms in total. The van der Waals surface area contributed by atoms with Gasteiger partial charge < -0.3 is 19.7 Å². The van der Waals surface area contributed by atoms with Gasteiger partial charge in [-0.05, 0) is 23.4 Å². The SMILES string of the molecule is CPOC1C2OC(C1OC(c1ccccc1)(c1ccccc1)c1ccccc1)n1c(nc3c(N)ncnc31)C2C. The summed E-state index contributed by atoms with van der Waals surface area (Å²) < 4.78 is 22.8. The minimum absolute atomic E-state index is 0.0700. The maximum absolute atomic E-state index is 7.52. The van der Waals surface area contributed by atoms with Crippen molar-refractivity contribution in [2.45, 2.75) is 43.0 Å². The van der Waals surface area contributed by atoms with Gasteiger partial charge in [0.15, 0.2) is 23.2 Å². The smallest absolute Gasteiger partial charge is 0.167 e. The molecule has 2 bridgehead atoms. The zero-order chi connectivity index (χ0) is 27.3. The summed E-state index contributed by atoms with van der Waals surface area (Å²) in [5.41, 5.74) is 9.55. The van der Waals surface area contributed by atoms with Gasteiger partial charge in [-0.1, -0.05) is 97.9 Å². The van der Waals surface area contributed by atoms with E-state index in [-0.39, 0.29) is 26.9 Å². The Morgan fingerprint density at radius 1 is 0.850 bits per heavy atom. The van der Waals surface area contributed by atoms with Crippen LogP contribution < -0.4 is 5.73 Å². The molecule has 4 heterocycles. The van der Waals surface area contributed by atoms with Gasteiger partial charge in [-0.2, -0.15) is 0 Å². The van der Waals surface area contributed by atoms with Gasteiger partial charge in [0.1, 0.15) is 30.0 Å². The lowest BCUT2D eigenvalue weighted by Gasteiger charge is -2.40. The maximum Gasteiger partial charge on any atom is 0.167 e. The van der Waals surface area contributed by atoms with Crippen molar-refractivity contribution in [3.05, 3.63) is 120 Å². The third-order valence-corrected chi connectivity index (χ3v) is 8.53. The van der Waals surface area contributed by atoms with Crippen LogP contribution in [0.25, 0.3) is 11.2 Å². The zero-order valence-electron chi connectivity index (χ0n) is 22.2. The molecule has 0 amide bonds. The molecule has 0 spiro atoms. The van der Waals surface area contributed by atoms with E-state index in [1.165, 1.54) is 6.33 Å². The first-order valence-corrected chi connectivity index (χ1v) is 14.8. The molecule has 3 aromatic carbocycles. The van der Waals surface area contributed by atoms with E-state index in [0.717, 1.165) is 22.5 Å². The van der Waals surface area contributed by atoms with E-state index >= 15 is 0 Å². The van der Waals surface area contributed by atoms with E-state index in [2.05, 4.69) is 53.3 Å². The minimum atomic E-state index is -0.943. The Bertz CT molecular complexity index is 1540. The molecule has 0 radical (unpaired) electrons. The van der Waals surface area contributed by atoms with Crippen molar-refractivity contribution in [1.82, 2.24) is 19.5 Å². The van der Waals surface area contributed by atoms with Crippen molar-refractivity contribution in [3.63, 3.8) is 0 Å².